The summed E-state index contributed by atoms with van der Waals surface area (Å²) >= 11 is 1.70. The fourth-order valence-corrected chi connectivity index (χ4v) is 6.18. The number of fused-ring (bicyclic) bond motifs is 8. The normalized spacial score (nSPS) is 12.0. The number of para-hydroxylation sites is 3. The number of hydrogen-bond donors (Lipinski definition) is 0. The van der Waals surface area contributed by atoms with Crippen LogP contribution in [-0.4, -0.2) is 24.1 Å². The van der Waals surface area contributed by atoms with E-state index in [1.807, 2.05) is 30.6 Å². The lowest BCUT2D eigenvalue weighted by atomic mass is 10.2. The van der Waals surface area contributed by atoms with Crippen LogP contribution in [0.4, 0.5) is 0 Å². The zero-order valence-corrected chi connectivity index (χ0v) is 19.3. The molecule has 6 heteroatoms. The number of benzene rings is 3. The van der Waals surface area contributed by atoms with Crippen molar-refractivity contribution in [2.24, 2.45) is 0 Å². The first-order valence-corrected chi connectivity index (χ1v) is 12.3. The summed E-state index contributed by atoms with van der Waals surface area (Å²) in [5, 5.41) is 3.08. The molecule has 35 heavy (non-hydrogen) atoms. The van der Waals surface area contributed by atoms with Crippen LogP contribution in [0.5, 0.6) is 0 Å². The zero-order chi connectivity index (χ0) is 22.9. The summed E-state index contributed by atoms with van der Waals surface area (Å²) < 4.78 is 5.76. The number of aromatic nitrogens is 5. The second-order valence-electron chi connectivity index (χ2n) is 8.58. The van der Waals surface area contributed by atoms with Crippen LogP contribution in [-0.2, 0) is 0 Å². The van der Waals surface area contributed by atoms with E-state index in [0.717, 1.165) is 60.2 Å². The fraction of sp³-hybridized carbons (Fsp3) is 0. The van der Waals surface area contributed by atoms with Gasteiger partial charge >= 0.3 is 0 Å². The van der Waals surface area contributed by atoms with E-state index in [1.54, 1.807) is 11.3 Å². The van der Waals surface area contributed by atoms with Crippen LogP contribution in [0.15, 0.2) is 103 Å². The van der Waals surface area contributed by atoms with Gasteiger partial charge in [0.2, 0.25) is 0 Å². The Morgan fingerprint density at radius 3 is 2.31 bits per heavy atom. The first kappa shape index (κ1) is 18.8. The van der Waals surface area contributed by atoms with Gasteiger partial charge in [0, 0.05) is 28.9 Å². The van der Waals surface area contributed by atoms with Gasteiger partial charge in [-0.25, -0.2) is 4.98 Å². The summed E-state index contributed by atoms with van der Waals surface area (Å²) in [6.45, 7) is 0. The molecule has 5 nitrogen and oxygen atoms in total. The highest BCUT2D eigenvalue weighted by Crippen LogP contribution is 2.40. The molecule has 164 valence electrons. The van der Waals surface area contributed by atoms with E-state index in [1.165, 1.54) is 4.70 Å². The van der Waals surface area contributed by atoms with Crippen molar-refractivity contribution in [3.8, 4) is 10.8 Å². The molecule has 0 saturated heterocycles. The van der Waals surface area contributed by atoms with Crippen molar-refractivity contribution in [1.29, 1.82) is 0 Å². The molecule has 0 radical (unpaired) electrons. The largest absolute Gasteiger partial charge is 0.305 e. The SMILES string of the molecule is c1ccc(-n2c3cccnc3c3cnc4c5ccccc5n(-c5nc6ccccc6s5)c4c32)cc1. The van der Waals surface area contributed by atoms with E-state index in [0.29, 0.717) is 0 Å². The molecule has 5 aromatic heterocycles. The Labute approximate surface area is 203 Å². The van der Waals surface area contributed by atoms with Crippen LogP contribution < -0.4 is 0 Å². The minimum Gasteiger partial charge on any atom is -0.305 e. The number of nitrogens with zero attached hydrogens (tertiary/aromatic N) is 5. The van der Waals surface area contributed by atoms with Crippen molar-refractivity contribution < 1.29 is 0 Å². The summed E-state index contributed by atoms with van der Waals surface area (Å²) in [5.41, 5.74) is 8.30. The van der Waals surface area contributed by atoms with Gasteiger partial charge in [-0.15, -0.1) is 0 Å². The molecule has 0 saturated carbocycles. The molecule has 0 amide bonds. The van der Waals surface area contributed by atoms with Crippen molar-refractivity contribution in [2.75, 3.05) is 0 Å². The molecule has 0 fully saturated rings. The quantitative estimate of drug-likeness (QED) is 0.268. The van der Waals surface area contributed by atoms with Crippen LogP contribution in [0.3, 0.4) is 0 Å². The number of thiazole rings is 1. The molecule has 8 rings (SSSR count). The lowest BCUT2D eigenvalue weighted by Gasteiger charge is -2.10. The van der Waals surface area contributed by atoms with Gasteiger partial charge in [-0.1, -0.05) is 59.9 Å². The lowest BCUT2D eigenvalue weighted by Crippen LogP contribution is -1.98. The van der Waals surface area contributed by atoms with Gasteiger partial charge in [0.05, 0.1) is 43.3 Å². The van der Waals surface area contributed by atoms with E-state index in [-0.39, 0.29) is 0 Å². The van der Waals surface area contributed by atoms with Gasteiger partial charge in [-0.2, -0.15) is 0 Å². The Morgan fingerprint density at radius 1 is 0.600 bits per heavy atom. The first-order valence-electron chi connectivity index (χ1n) is 11.5. The lowest BCUT2D eigenvalue weighted by molar-refractivity contribution is 1.13. The van der Waals surface area contributed by atoms with E-state index < -0.39 is 0 Å². The predicted molar refractivity (Wildman–Crippen MR) is 144 cm³/mol. The molecule has 0 bridgehead atoms. The van der Waals surface area contributed by atoms with Crippen LogP contribution in [0, 0.1) is 0 Å². The molecule has 0 aliphatic rings. The van der Waals surface area contributed by atoms with E-state index in [4.69, 9.17) is 15.0 Å². The summed E-state index contributed by atoms with van der Waals surface area (Å²) in [7, 11) is 0. The van der Waals surface area contributed by atoms with Crippen molar-refractivity contribution >= 4 is 65.4 Å². The fourth-order valence-electron chi connectivity index (χ4n) is 5.19. The van der Waals surface area contributed by atoms with Crippen molar-refractivity contribution in [2.45, 2.75) is 0 Å². The molecule has 0 atom stereocenters. The summed E-state index contributed by atoms with van der Waals surface area (Å²) in [5.74, 6) is 0. The number of rotatable bonds is 2. The third kappa shape index (κ3) is 2.54. The van der Waals surface area contributed by atoms with Crippen LogP contribution in [0.25, 0.3) is 64.9 Å². The van der Waals surface area contributed by atoms with Gasteiger partial charge in [-0.05, 0) is 42.5 Å². The van der Waals surface area contributed by atoms with Crippen molar-refractivity contribution in [1.82, 2.24) is 24.1 Å². The molecule has 0 unspecified atom stereocenters. The smallest absolute Gasteiger partial charge is 0.195 e. The average Bonchev–Trinajstić information content (AvgIpc) is 3.58. The highest BCUT2D eigenvalue weighted by Gasteiger charge is 2.23. The maximum absolute atomic E-state index is 5.05. The number of hydrogen-bond acceptors (Lipinski definition) is 4. The molecule has 0 aliphatic heterocycles. The molecule has 8 aromatic rings. The topological polar surface area (TPSA) is 48.5 Å². The van der Waals surface area contributed by atoms with Gasteiger partial charge < -0.3 is 4.57 Å². The minimum absolute atomic E-state index is 0.935. The Bertz CT molecular complexity index is 2030. The maximum atomic E-state index is 5.05. The highest BCUT2D eigenvalue weighted by molar-refractivity contribution is 7.20. The third-order valence-electron chi connectivity index (χ3n) is 6.64. The molecule has 0 N–H and O–H groups in total. The van der Waals surface area contributed by atoms with Gasteiger partial charge in [-0.3, -0.25) is 14.5 Å². The highest BCUT2D eigenvalue weighted by atomic mass is 32.1. The Balaban J connectivity index is 1.65. The Morgan fingerprint density at radius 2 is 1.40 bits per heavy atom. The van der Waals surface area contributed by atoms with Crippen molar-refractivity contribution in [3.63, 3.8) is 0 Å². The van der Waals surface area contributed by atoms with Gasteiger partial charge in [0.25, 0.3) is 0 Å². The second-order valence-corrected chi connectivity index (χ2v) is 9.59. The molecule has 5 heterocycles. The zero-order valence-electron chi connectivity index (χ0n) is 18.5. The standard InChI is InChI=1S/C29H17N5S/c1-2-9-18(10-3-1)33-23-14-8-16-30-25(23)20-17-31-26-19-11-4-6-13-22(19)34(28(26)27(20)33)29-32-21-12-5-7-15-24(21)35-29/h1-17H. The summed E-state index contributed by atoms with van der Waals surface area (Å²) in [6, 6.07) is 31.4. The molecule has 3 aromatic carbocycles. The van der Waals surface area contributed by atoms with E-state index in [2.05, 4.69) is 81.9 Å². The second kappa shape index (κ2) is 6.98. The van der Waals surface area contributed by atoms with E-state index >= 15 is 0 Å². The Kier molecular flexibility index (Phi) is 3.75. The van der Waals surface area contributed by atoms with Crippen LogP contribution >= 0.6 is 11.3 Å². The molecule has 0 aliphatic carbocycles. The predicted octanol–water partition coefficient (Wildman–Crippen LogP) is 7.28. The van der Waals surface area contributed by atoms with Crippen LogP contribution in [0.1, 0.15) is 0 Å². The van der Waals surface area contributed by atoms with E-state index in [9.17, 15) is 0 Å². The average molecular weight is 468 g/mol. The first-order chi connectivity index (χ1) is 17.4. The monoisotopic (exact) mass is 467 g/mol. The minimum atomic E-state index is 0.935. The van der Waals surface area contributed by atoms with Gasteiger partial charge in [0.1, 0.15) is 0 Å². The summed E-state index contributed by atoms with van der Waals surface area (Å²) in [4.78, 5) is 14.8. The van der Waals surface area contributed by atoms with Crippen molar-refractivity contribution in [3.05, 3.63) is 103 Å². The van der Waals surface area contributed by atoms with Gasteiger partial charge in [0.15, 0.2) is 5.13 Å². The third-order valence-corrected chi connectivity index (χ3v) is 7.67. The summed E-state index contributed by atoms with van der Waals surface area (Å²) in [6.07, 6.45) is 3.83. The maximum Gasteiger partial charge on any atom is 0.195 e. The Hall–Kier alpha value is -4.55. The molecular formula is C29H17N5S. The van der Waals surface area contributed by atoms with Crippen LogP contribution in [0.2, 0.25) is 0 Å². The molecular weight excluding hydrogens is 450 g/mol. The molecule has 0 spiro atoms. The number of pyridine rings is 2.